The van der Waals surface area contributed by atoms with E-state index in [2.05, 4.69) is 10.5 Å². The Morgan fingerprint density at radius 3 is 2.75 bits per heavy atom. The van der Waals surface area contributed by atoms with Gasteiger partial charge in [-0.2, -0.15) is 0 Å². The van der Waals surface area contributed by atoms with Crippen LogP contribution in [-0.2, 0) is 11.3 Å². The minimum Gasteiger partial charge on any atom is -0.493 e. The second-order valence-corrected chi connectivity index (χ2v) is 4.15. The van der Waals surface area contributed by atoms with Crippen LogP contribution in [0.3, 0.4) is 0 Å². The van der Waals surface area contributed by atoms with Crippen LogP contribution in [0, 0.1) is 6.92 Å². The molecule has 6 nitrogen and oxygen atoms in total. The van der Waals surface area contributed by atoms with Crippen molar-refractivity contribution >= 4 is 5.91 Å². The van der Waals surface area contributed by atoms with Gasteiger partial charge in [-0.3, -0.25) is 4.79 Å². The molecule has 0 saturated heterocycles. The Labute approximate surface area is 116 Å². The van der Waals surface area contributed by atoms with Crippen LogP contribution in [0.1, 0.15) is 11.5 Å². The number of hydrogen-bond donors (Lipinski definition) is 1. The largest absolute Gasteiger partial charge is 0.493 e. The van der Waals surface area contributed by atoms with E-state index in [9.17, 15) is 4.79 Å². The number of para-hydroxylation sites is 2. The molecule has 1 heterocycles. The molecule has 0 bridgehead atoms. The highest BCUT2D eigenvalue weighted by molar-refractivity contribution is 5.77. The van der Waals surface area contributed by atoms with Crippen LogP contribution >= 0.6 is 0 Å². The molecule has 1 aromatic carbocycles. The predicted molar refractivity (Wildman–Crippen MR) is 71.6 cm³/mol. The summed E-state index contributed by atoms with van der Waals surface area (Å²) in [5, 5.41) is 6.48. The Bertz CT molecular complexity index is 580. The lowest BCUT2D eigenvalue weighted by molar-refractivity contribution is -0.123. The molecule has 20 heavy (non-hydrogen) atoms. The zero-order valence-electron chi connectivity index (χ0n) is 11.4. The number of nitrogens with one attached hydrogen (secondary N) is 1. The number of rotatable bonds is 6. The predicted octanol–water partition coefficient (Wildman–Crippen LogP) is 1.69. The number of carbonyl (C=O) groups excluding carboxylic acids is 1. The molecule has 0 fully saturated rings. The van der Waals surface area contributed by atoms with Gasteiger partial charge >= 0.3 is 0 Å². The van der Waals surface area contributed by atoms with Gasteiger partial charge in [0, 0.05) is 6.07 Å². The molecule has 0 spiro atoms. The Hall–Kier alpha value is -2.50. The first-order valence-corrected chi connectivity index (χ1v) is 6.13. The molecule has 2 rings (SSSR count). The van der Waals surface area contributed by atoms with Gasteiger partial charge in [0.05, 0.1) is 13.7 Å². The highest BCUT2D eigenvalue weighted by atomic mass is 16.5. The molecule has 1 aromatic heterocycles. The molecule has 0 saturated carbocycles. The lowest BCUT2D eigenvalue weighted by Crippen LogP contribution is -2.28. The summed E-state index contributed by atoms with van der Waals surface area (Å²) in [6, 6.07) is 8.92. The van der Waals surface area contributed by atoms with E-state index in [1.165, 1.54) is 0 Å². The van der Waals surface area contributed by atoms with E-state index in [4.69, 9.17) is 14.0 Å². The lowest BCUT2D eigenvalue weighted by atomic mass is 10.3. The molecule has 106 valence electrons. The van der Waals surface area contributed by atoms with E-state index in [-0.39, 0.29) is 12.5 Å². The van der Waals surface area contributed by atoms with Crippen molar-refractivity contribution in [3.8, 4) is 11.5 Å². The number of aryl methyl sites for hydroxylation is 1. The van der Waals surface area contributed by atoms with Crippen LogP contribution in [0.5, 0.6) is 11.5 Å². The third-order valence-corrected chi connectivity index (χ3v) is 2.57. The molecule has 0 unspecified atom stereocenters. The summed E-state index contributed by atoms with van der Waals surface area (Å²) >= 11 is 0. The first-order valence-electron chi connectivity index (χ1n) is 6.13. The van der Waals surface area contributed by atoms with Gasteiger partial charge in [-0.25, -0.2) is 0 Å². The van der Waals surface area contributed by atoms with Crippen molar-refractivity contribution in [2.45, 2.75) is 13.5 Å². The number of ether oxygens (including phenoxy) is 2. The second-order valence-electron chi connectivity index (χ2n) is 4.15. The van der Waals surface area contributed by atoms with Crippen LogP contribution in [0.2, 0.25) is 0 Å². The van der Waals surface area contributed by atoms with E-state index in [1.807, 2.05) is 12.1 Å². The van der Waals surface area contributed by atoms with Gasteiger partial charge in [0.25, 0.3) is 5.91 Å². The first-order chi connectivity index (χ1) is 9.69. The molecular formula is C14H16N2O4. The van der Waals surface area contributed by atoms with E-state index in [0.717, 1.165) is 0 Å². The first kappa shape index (κ1) is 13.9. The smallest absolute Gasteiger partial charge is 0.258 e. The van der Waals surface area contributed by atoms with Crippen LogP contribution in [0.4, 0.5) is 0 Å². The van der Waals surface area contributed by atoms with Crippen LogP contribution in [0.15, 0.2) is 34.9 Å². The fourth-order valence-corrected chi connectivity index (χ4v) is 1.62. The van der Waals surface area contributed by atoms with Gasteiger partial charge in [-0.1, -0.05) is 17.3 Å². The summed E-state index contributed by atoms with van der Waals surface area (Å²) in [6.45, 7) is 2.02. The van der Waals surface area contributed by atoms with Crippen molar-refractivity contribution in [2.24, 2.45) is 0 Å². The monoisotopic (exact) mass is 276 g/mol. The van der Waals surface area contributed by atoms with Crippen molar-refractivity contribution in [3.05, 3.63) is 41.8 Å². The second kappa shape index (κ2) is 6.60. The molecule has 1 amide bonds. The molecule has 6 heteroatoms. The fourth-order valence-electron chi connectivity index (χ4n) is 1.62. The number of aromatic nitrogens is 1. The van der Waals surface area contributed by atoms with Gasteiger partial charge in [0.15, 0.2) is 18.1 Å². The summed E-state index contributed by atoms with van der Waals surface area (Å²) in [7, 11) is 1.55. The third-order valence-electron chi connectivity index (χ3n) is 2.57. The molecule has 2 aromatic rings. The SMILES string of the molecule is COc1ccccc1OCC(=O)NCc1cc(C)on1. The van der Waals surface area contributed by atoms with E-state index in [1.54, 1.807) is 32.2 Å². The Morgan fingerprint density at radius 2 is 2.10 bits per heavy atom. The van der Waals surface area contributed by atoms with Crippen molar-refractivity contribution in [1.29, 1.82) is 0 Å². The zero-order valence-corrected chi connectivity index (χ0v) is 11.4. The molecule has 0 aliphatic rings. The minimum atomic E-state index is -0.239. The van der Waals surface area contributed by atoms with Crippen LogP contribution in [-0.4, -0.2) is 24.8 Å². The topological polar surface area (TPSA) is 73.6 Å². The van der Waals surface area contributed by atoms with Gasteiger partial charge < -0.3 is 19.3 Å². The summed E-state index contributed by atoms with van der Waals surface area (Å²) in [6.07, 6.45) is 0. The minimum absolute atomic E-state index is 0.0861. The van der Waals surface area contributed by atoms with Crippen molar-refractivity contribution < 1.29 is 18.8 Å². The Morgan fingerprint density at radius 1 is 1.35 bits per heavy atom. The average molecular weight is 276 g/mol. The van der Waals surface area contributed by atoms with Gasteiger partial charge in [-0.15, -0.1) is 0 Å². The number of hydrogen-bond acceptors (Lipinski definition) is 5. The maximum absolute atomic E-state index is 11.7. The zero-order chi connectivity index (χ0) is 14.4. The van der Waals surface area contributed by atoms with Crippen LogP contribution in [0.25, 0.3) is 0 Å². The van der Waals surface area contributed by atoms with E-state index in [0.29, 0.717) is 29.5 Å². The number of methoxy groups -OCH3 is 1. The molecule has 0 atom stereocenters. The number of benzene rings is 1. The van der Waals surface area contributed by atoms with Crippen molar-refractivity contribution in [2.75, 3.05) is 13.7 Å². The standard InChI is InChI=1S/C14H16N2O4/c1-10-7-11(16-20-10)8-15-14(17)9-19-13-6-4-3-5-12(13)18-2/h3-7H,8-9H2,1-2H3,(H,15,17). The number of amides is 1. The highest BCUT2D eigenvalue weighted by Gasteiger charge is 2.07. The summed E-state index contributed by atoms with van der Waals surface area (Å²) in [5.41, 5.74) is 0.674. The Balaban J connectivity index is 1.80. The molecule has 0 aliphatic carbocycles. The summed E-state index contributed by atoms with van der Waals surface area (Å²) < 4.78 is 15.4. The summed E-state index contributed by atoms with van der Waals surface area (Å²) in [4.78, 5) is 11.7. The third kappa shape index (κ3) is 3.74. The highest BCUT2D eigenvalue weighted by Crippen LogP contribution is 2.25. The average Bonchev–Trinajstić information content (AvgIpc) is 2.89. The lowest BCUT2D eigenvalue weighted by Gasteiger charge is -2.09. The normalized spacial score (nSPS) is 10.1. The molecule has 0 radical (unpaired) electrons. The maximum Gasteiger partial charge on any atom is 0.258 e. The maximum atomic E-state index is 11.7. The molecule has 0 aliphatic heterocycles. The van der Waals surface area contributed by atoms with E-state index >= 15 is 0 Å². The molecular weight excluding hydrogens is 260 g/mol. The van der Waals surface area contributed by atoms with Crippen LogP contribution < -0.4 is 14.8 Å². The van der Waals surface area contributed by atoms with Crippen molar-refractivity contribution in [1.82, 2.24) is 10.5 Å². The van der Waals surface area contributed by atoms with E-state index < -0.39 is 0 Å². The van der Waals surface area contributed by atoms with Gasteiger partial charge in [0.2, 0.25) is 0 Å². The van der Waals surface area contributed by atoms with Gasteiger partial charge in [0.1, 0.15) is 11.5 Å². The fraction of sp³-hybridized carbons (Fsp3) is 0.286. The van der Waals surface area contributed by atoms with Crippen molar-refractivity contribution in [3.63, 3.8) is 0 Å². The number of carbonyl (C=O) groups is 1. The molecule has 1 N–H and O–H groups in total. The summed E-state index contributed by atoms with van der Waals surface area (Å²) in [5.74, 6) is 1.59. The Kier molecular flexibility index (Phi) is 4.60. The quantitative estimate of drug-likeness (QED) is 0.869. The number of nitrogens with zero attached hydrogens (tertiary/aromatic N) is 1. The van der Waals surface area contributed by atoms with Gasteiger partial charge in [-0.05, 0) is 19.1 Å².